The number of carbonyl (C=O) groups is 1. The summed E-state index contributed by atoms with van der Waals surface area (Å²) in [6, 6.07) is 2.84. The third-order valence-corrected chi connectivity index (χ3v) is 2.78. The smallest absolute Gasteiger partial charge is 0.345 e. The van der Waals surface area contributed by atoms with E-state index < -0.39 is 5.97 Å². The summed E-state index contributed by atoms with van der Waals surface area (Å²) in [7, 11) is 0. The van der Waals surface area contributed by atoms with E-state index in [-0.39, 0.29) is 10.3 Å². The van der Waals surface area contributed by atoms with Crippen LogP contribution >= 0.6 is 11.3 Å². The van der Waals surface area contributed by atoms with E-state index in [1.807, 2.05) is 0 Å². The maximum Gasteiger partial charge on any atom is 0.345 e. The molecule has 0 bridgehead atoms. The van der Waals surface area contributed by atoms with Crippen LogP contribution in [0.25, 0.3) is 10.2 Å². The first-order chi connectivity index (χ1) is 6.18. The topological polar surface area (TPSA) is 70.2 Å². The molecule has 5 heteroatoms. The molecule has 4 nitrogen and oxygen atoms in total. The van der Waals surface area contributed by atoms with Gasteiger partial charge in [-0.25, -0.2) is 4.79 Å². The molecule has 0 aliphatic rings. The molecule has 2 rings (SSSR count). The molecule has 0 saturated carbocycles. The number of aromatic nitrogens is 1. The van der Waals surface area contributed by atoms with E-state index in [0.29, 0.717) is 10.2 Å². The summed E-state index contributed by atoms with van der Waals surface area (Å²) in [6.07, 6.45) is 1.50. The molecule has 0 aromatic carbocycles. The maximum absolute atomic E-state index is 11.2. The molecule has 0 unspecified atom stereocenters. The van der Waals surface area contributed by atoms with Crippen molar-refractivity contribution in [3.05, 3.63) is 33.4 Å². The Morgan fingerprint density at radius 3 is 2.92 bits per heavy atom. The van der Waals surface area contributed by atoms with Crippen LogP contribution in [-0.4, -0.2) is 16.1 Å². The Balaban J connectivity index is 2.83. The van der Waals surface area contributed by atoms with Crippen LogP contribution in [0.1, 0.15) is 9.67 Å². The molecular formula is C8H5NO3S. The maximum atomic E-state index is 11.2. The largest absolute Gasteiger partial charge is 0.477 e. The summed E-state index contributed by atoms with van der Waals surface area (Å²) in [6.45, 7) is 0. The molecule has 2 aromatic rings. The summed E-state index contributed by atoms with van der Waals surface area (Å²) in [4.78, 5) is 24.8. The molecule has 0 fully saturated rings. The monoisotopic (exact) mass is 195 g/mol. The molecule has 0 spiro atoms. The van der Waals surface area contributed by atoms with Gasteiger partial charge >= 0.3 is 5.97 Å². The van der Waals surface area contributed by atoms with Gasteiger partial charge in [-0.05, 0) is 6.07 Å². The lowest BCUT2D eigenvalue weighted by Crippen LogP contribution is -1.95. The van der Waals surface area contributed by atoms with Crippen LogP contribution in [0.2, 0.25) is 0 Å². The summed E-state index contributed by atoms with van der Waals surface area (Å²) < 4.78 is 0.458. The van der Waals surface area contributed by atoms with Crippen molar-refractivity contribution >= 4 is 27.5 Å². The zero-order chi connectivity index (χ0) is 9.42. The zero-order valence-corrected chi connectivity index (χ0v) is 7.22. The first kappa shape index (κ1) is 8.00. The Morgan fingerprint density at radius 1 is 1.54 bits per heavy atom. The van der Waals surface area contributed by atoms with Crippen LogP contribution in [-0.2, 0) is 0 Å². The van der Waals surface area contributed by atoms with Crippen molar-refractivity contribution < 1.29 is 9.90 Å². The number of rotatable bonds is 1. The highest BCUT2D eigenvalue weighted by Gasteiger charge is 2.09. The second kappa shape index (κ2) is 2.70. The van der Waals surface area contributed by atoms with Crippen LogP contribution < -0.4 is 5.43 Å². The van der Waals surface area contributed by atoms with Crippen molar-refractivity contribution in [2.24, 2.45) is 0 Å². The highest BCUT2D eigenvalue weighted by Crippen LogP contribution is 2.20. The third-order valence-electron chi connectivity index (χ3n) is 1.64. The van der Waals surface area contributed by atoms with E-state index in [4.69, 9.17) is 5.11 Å². The summed E-state index contributed by atoms with van der Waals surface area (Å²) in [5, 5.41) is 8.67. The van der Waals surface area contributed by atoms with E-state index in [1.165, 1.54) is 18.3 Å². The number of fused-ring (bicyclic) bond motifs is 1. The first-order valence-electron chi connectivity index (χ1n) is 3.53. The average Bonchev–Trinajstić information content (AvgIpc) is 2.49. The van der Waals surface area contributed by atoms with Gasteiger partial charge in [-0.15, -0.1) is 11.3 Å². The Hall–Kier alpha value is -1.62. The molecule has 13 heavy (non-hydrogen) atoms. The minimum Gasteiger partial charge on any atom is -0.477 e. The Morgan fingerprint density at radius 2 is 2.31 bits per heavy atom. The first-order valence-corrected chi connectivity index (χ1v) is 4.34. The van der Waals surface area contributed by atoms with Gasteiger partial charge in [-0.3, -0.25) is 4.79 Å². The van der Waals surface area contributed by atoms with Gasteiger partial charge in [-0.1, -0.05) is 0 Å². The second-order valence-electron chi connectivity index (χ2n) is 2.50. The number of pyridine rings is 1. The van der Waals surface area contributed by atoms with Crippen molar-refractivity contribution in [1.82, 2.24) is 4.98 Å². The third kappa shape index (κ3) is 1.23. The Bertz CT molecular complexity index is 525. The van der Waals surface area contributed by atoms with Crippen LogP contribution in [0.5, 0.6) is 0 Å². The van der Waals surface area contributed by atoms with Crippen molar-refractivity contribution in [2.75, 3.05) is 0 Å². The highest BCUT2D eigenvalue weighted by atomic mass is 32.1. The Kier molecular flexibility index (Phi) is 1.66. The second-order valence-corrected chi connectivity index (χ2v) is 3.55. The molecule has 0 aliphatic carbocycles. The van der Waals surface area contributed by atoms with E-state index >= 15 is 0 Å². The van der Waals surface area contributed by atoms with Gasteiger partial charge in [0.1, 0.15) is 4.88 Å². The van der Waals surface area contributed by atoms with Gasteiger partial charge in [0.15, 0.2) is 5.43 Å². The number of hydrogen-bond acceptors (Lipinski definition) is 3. The lowest BCUT2D eigenvalue weighted by molar-refractivity contribution is 0.0702. The van der Waals surface area contributed by atoms with Gasteiger partial charge in [0.05, 0.1) is 10.2 Å². The van der Waals surface area contributed by atoms with Crippen LogP contribution in [0, 0.1) is 0 Å². The fourth-order valence-electron chi connectivity index (χ4n) is 1.07. The quantitative estimate of drug-likeness (QED) is 0.720. The lowest BCUT2D eigenvalue weighted by Gasteiger charge is -1.83. The number of carboxylic acid groups (broad SMARTS) is 1. The van der Waals surface area contributed by atoms with Crippen LogP contribution in [0.15, 0.2) is 23.1 Å². The molecular weight excluding hydrogens is 190 g/mol. The summed E-state index contributed by atoms with van der Waals surface area (Å²) >= 11 is 0.989. The van der Waals surface area contributed by atoms with Crippen molar-refractivity contribution in [2.45, 2.75) is 0 Å². The minimum absolute atomic E-state index is 0.147. The Labute approximate surface area is 76.5 Å². The molecule has 0 saturated heterocycles. The standard InChI is InChI=1S/C8H5NO3S/c10-5-1-2-9-4-3-6(8(11)12)13-7(4)5/h1-3H,(H,9,10)(H,11,12). The van der Waals surface area contributed by atoms with E-state index in [2.05, 4.69) is 4.98 Å². The van der Waals surface area contributed by atoms with Gasteiger partial charge in [-0.2, -0.15) is 0 Å². The van der Waals surface area contributed by atoms with Crippen molar-refractivity contribution in [1.29, 1.82) is 0 Å². The molecule has 2 N–H and O–H groups in total. The van der Waals surface area contributed by atoms with Crippen molar-refractivity contribution in [3.8, 4) is 0 Å². The molecule has 2 heterocycles. The highest BCUT2D eigenvalue weighted by molar-refractivity contribution is 7.20. The molecule has 2 aromatic heterocycles. The predicted molar refractivity (Wildman–Crippen MR) is 49.4 cm³/mol. The van der Waals surface area contributed by atoms with Crippen LogP contribution in [0.3, 0.4) is 0 Å². The molecule has 0 amide bonds. The van der Waals surface area contributed by atoms with Crippen LogP contribution in [0.4, 0.5) is 0 Å². The molecule has 0 radical (unpaired) electrons. The number of hydrogen-bond donors (Lipinski definition) is 2. The van der Waals surface area contributed by atoms with E-state index in [9.17, 15) is 9.59 Å². The van der Waals surface area contributed by atoms with Gasteiger partial charge in [0.2, 0.25) is 0 Å². The predicted octanol–water partition coefficient (Wildman–Crippen LogP) is 1.29. The zero-order valence-electron chi connectivity index (χ0n) is 6.40. The summed E-state index contributed by atoms with van der Waals surface area (Å²) in [5.74, 6) is -1.01. The number of thiophene rings is 1. The fourth-order valence-corrected chi connectivity index (χ4v) is 1.95. The molecule has 0 atom stereocenters. The number of carboxylic acids is 1. The fraction of sp³-hybridized carbons (Fsp3) is 0. The van der Waals surface area contributed by atoms with E-state index in [0.717, 1.165) is 11.3 Å². The number of aromatic carboxylic acids is 1. The molecule has 0 aliphatic heterocycles. The number of H-pyrrole nitrogens is 1. The normalized spacial score (nSPS) is 10.5. The minimum atomic E-state index is -1.01. The number of nitrogens with one attached hydrogen (secondary N) is 1. The summed E-state index contributed by atoms with van der Waals surface area (Å²) in [5.41, 5.74) is 0.432. The van der Waals surface area contributed by atoms with Gasteiger partial charge in [0.25, 0.3) is 0 Å². The number of aromatic amines is 1. The van der Waals surface area contributed by atoms with Crippen molar-refractivity contribution in [3.63, 3.8) is 0 Å². The van der Waals surface area contributed by atoms with Gasteiger partial charge in [0, 0.05) is 12.3 Å². The SMILES string of the molecule is O=C(O)c1cc2[nH]ccc(=O)c2s1. The molecule has 66 valence electrons. The van der Waals surface area contributed by atoms with E-state index in [1.54, 1.807) is 0 Å². The van der Waals surface area contributed by atoms with Gasteiger partial charge < -0.3 is 10.1 Å². The average molecular weight is 195 g/mol. The lowest BCUT2D eigenvalue weighted by atomic mass is 10.3.